The summed E-state index contributed by atoms with van der Waals surface area (Å²) in [6.45, 7) is 12.7. The highest BCUT2D eigenvalue weighted by molar-refractivity contribution is 6.74. The van der Waals surface area contributed by atoms with Gasteiger partial charge in [0.05, 0.1) is 18.9 Å². The molecule has 3 aliphatic rings. The summed E-state index contributed by atoms with van der Waals surface area (Å²) in [7, 11) is -1.95. The Hall–Kier alpha value is -2.10. The predicted molar refractivity (Wildman–Crippen MR) is 115 cm³/mol. The normalized spacial score (nSPS) is 24.3. The van der Waals surface area contributed by atoms with E-state index in [9.17, 15) is 9.59 Å². The van der Waals surface area contributed by atoms with Crippen LogP contribution in [0.15, 0.2) is 18.2 Å². The van der Waals surface area contributed by atoms with Crippen LogP contribution in [-0.4, -0.2) is 65.4 Å². The zero-order valence-corrected chi connectivity index (χ0v) is 19.3. The molecule has 1 aromatic rings. The van der Waals surface area contributed by atoms with Crippen LogP contribution in [0.2, 0.25) is 18.1 Å². The van der Waals surface area contributed by atoms with Crippen molar-refractivity contribution in [3.05, 3.63) is 18.2 Å². The fraction of sp³-hybridized carbons (Fsp3) is 0.619. The summed E-state index contributed by atoms with van der Waals surface area (Å²) in [6, 6.07) is 5.23. The van der Waals surface area contributed by atoms with Gasteiger partial charge in [-0.2, -0.15) is 0 Å². The minimum atomic E-state index is -1.95. The Morgan fingerprint density at radius 2 is 2.00 bits per heavy atom. The monoisotopic (exact) mass is 434 g/mol. The maximum absolute atomic E-state index is 12.7. The lowest BCUT2D eigenvalue weighted by atomic mass is 10.1. The van der Waals surface area contributed by atoms with E-state index in [0.717, 1.165) is 5.69 Å². The van der Waals surface area contributed by atoms with E-state index in [0.29, 0.717) is 37.8 Å². The average molecular weight is 435 g/mol. The van der Waals surface area contributed by atoms with Gasteiger partial charge in [0.2, 0.25) is 0 Å². The van der Waals surface area contributed by atoms with E-state index in [4.69, 9.17) is 18.6 Å². The summed E-state index contributed by atoms with van der Waals surface area (Å²) >= 11 is 0. The second kappa shape index (κ2) is 7.54. The Kier molecular flexibility index (Phi) is 5.32. The third-order valence-electron chi connectivity index (χ3n) is 6.53. The summed E-state index contributed by atoms with van der Waals surface area (Å²) in [5, 5.41) is 0.0816. The molecule has 0 N–H and O–H groups in total. The van der Waals surface area contributed by atoms with E-state index in [1.807, 2.05) is 18.2 Å². The molecule has 0 aromatic heterocycles. The van der Waals surface area contributed by atoms with E-state index >= 15 is 0 Å². The molecule has 2 amide bonds. The van der Waals surface area contributed by atoms with E-state index in [1.165, 1.54) is 0 Å². The number of morpholine rings is 1. The molecule has 0 bridgehead atoms. The Labute approximate surface area is 178 Å². The zero-order valence-electron chi connectivity index (χ0n) is 18.3. The van der Waals surface area contributed by atoms with Crippen molar-refractivity contribution in [1.82, 2.24) is 0 Å². The Bertz CT molecular complexity index is 852. The van der Waals surface area contributed by atoms with Crippen LogP contribution in [0.3, 0.4) is 0 Å². The number of nitrogens with zero attached hydrogens (tertiary/aromatic N) is 2. The second-order valence-electron chi connectivity index (χ2n) is 9.49. The SMILES string of the molecule is CC(C)(C)[Si](C)(C)OC[C@@H]1OC(=O)N2c3ccc(N4CCOCC4=O)cc3OC[C@H]12. The maximum atomic E-state index is 12.7. The van der Waals surface area contributed by atoms with E-state index < -0.39 is 8.32 Å². The predicted octanol–water partition coefficient (Wildman–Crippen LogP) is 3.16. The molecule has 3 heterocycles. The van der Waals surface area contributed by atoms with Crippen molar-refractivity contribution in [2.75, 3.05) is 42.8 Å². The van der Waals surface area contributed by atoms with Crippen LogP contribution in [0.25, 0.3) is 0 Å². The lowest BCUT2D eigenvalue weighted by Gasteiger charge is -2.37. The van der Waals surface area contributed by atoms with Gasteiger partial charge < -0.3 is 23.5 Å². The van der Waals surface area contributed by atoms with Crippen molar-refractivity contribution in [3.63, 3.8) is 0 Å². The molecule has 0 spiro atoms. The Balaban J connectivity index is 1.51. The molecule has 2 atom stereocenters. The number of benzene rings is 1. The van der Waals surface area contributed by atoms with Gasteiger partial charge in [-0.1, -0.05) is 20.8 Å². The standard InChI is InChI=1S/C21H30N2O6Si/c1-21(2,3)30(4,5)28-12-18-16-11-27-17-10-14(22-8-9-26-13-19(22)24)6-7-15(17)23(16)20(25)29-18/h6-7,10,16,18H,8-9,11-13H2,1-5H3/t16-,18+/m1/s1. The van der Waals surface area contributed by atoms with Crippen molar-refractivity contribution in [2.45, 2.75) is 51.0 Å². The van der Waals surface area contributed by atoms with Crippen LogP contribution < -0.4 is 14.5 Å². The molecule has 2 saturated heterocycles. The van der Waals surface area contributed by atoms with Crippen molar-refractivity contribution in [2.24, 2.45) is 0 Å². The molecule has 9 heteroatoms. The third-order valence-corrected chi connectivity index (χ3v) is 11.0. The number of fused-ring (bicyclic) bond motifs is 3. The van der Waals surface area contributed by atoms with Gasteiger partial charge >= 0.3 is 6.09 Å². The lowest BCUT2D eigenvalue weighted by Crippen LogP contribution is -2.48. The number of hydrogen-bond donors (Lipinski definition) is 0. The molecule has 4 rings (SSSR count). The third kappa shape index (κ3) is 3.70. The molecule has 8 nitrogen and oxygen atoms in total. The minimum Gasteiger partial charge on any atom is -0.489 e. The number of hydrogen-bond acceptors (Lipinski definition) is 6. The molecule has 1 aromatic carbocycles. The van der Waals surface area contributed by atoms with Crippen molar-refractivity contribution in [1.29, 1.82) is 0 Å². The summed E-state index contributed by atoms with van der Waals surface area (Å²) in [5.74, 6) is 0.490. The quantitative estimate of drug-likeness (QED) is 0.678. The molecule has 0 aliphatic carbocycles. The van der Waals surface area contributed by atoms with Gasteiger partial charge in [-0.25, -0.2) is 4.79 Å². The summed E-state index contributed by atoms with van der Waals surface area (Å²) in [5.41, 5.74) is 1.40. The largest absolute Gasteiger partial charge is 0.489 e. The lowest BCUT2D eigenvalue weighted by molar-refractivity contribution is -0.125. The first-order valence-corrected chi connectivity index (χ1v) is 13.3. The highest BCUT2D eigenvalue weighted by Crippen LogP contribution is 2.42. The number of ether oxygens (including phenoxy) is 3. The van der Waals surface area contributed by atoms with Gasteiger partial charge in [-0.15, -0.1) is 0 Å². The molecule has 2 fully saturated rings. The van der Waals surface area contributed by atoms with Gasteiger partial charge in [-0.05, 0) is 30.3 Å². The average Bonchev–Trinajstić information content (AvgIpc) is 3.01. The first-order valence-electron chi connectivity index (χ1n) is 10.4. The second-order valence-corrected chi connectivity index (χ2v) is 14.3. The van der Waals surface area contributed by atoms with Crippen LogP contribution in [0.1, 0.15) is 20.8 Å². The molecule has 0 saturated carbocycles. The van der Waals surface area contributed by atoms with E-state index in [1.54, 1.807) is 9.80 Å². The van der Waals surface area contributed by atoms with Crippen LogP contribution in [-0.2, 0) is 18.7 Å². The van der Waals surface area contributed by atoms with Crippen LogP contribution in [0.5, 0.6) is 5.75 Å². The molecule has 0 radical (unpaired) electrons. The molecular formula is C21H30N2O6Si. The van der Waals surface area contributed by atoms with Crippen LogP contribution >= 0.6 is 0 Å². The summed E-state index contributed by atoms with van der Waals surface area (Å²) in [6.07, 6.45) is -0.760. The van der Waals surface area contributed by atoms with Gasteiger partial charge in [-0.3, -0.25) is 9.69 Å². The fourth-order valence-corrected chi connectivity index (χ4v) is 4.64. The number of rotatable bonds is 4. The van der Waals surface area contributed by atoms with Crippen LogP contribution in [0.4, 0.5) is 16.2 Å². The van der Waals surface area contributed by atoms with Gasteiger partial charge in [0.25, 0.3) is 5.91 Å². The highest BCUT2D eigenvalue weighted by Gasteiger charge is 2.48. The Morgan fingerprint density at radius 3 is 2.70 bits per heavy atom. The number of cyclic esters (lactones) is 1. The molecular weight excluding hydrogens is 404 g/mol. The summed E-state index contributed by atoms with van der Waals surface area (Å²) in [4.78, 5) is 28.1. The molecule has 30 heavy (non-hydrogen) atoms. The first kappa shape index (κ1) is 21.1. The molecule has 3 aliphatic heterocycles. The number of amides is 2. The Morgan fingerprint density at radius 1 is 1.23 bits per heavy atom. The number of carbonyl (C=O) groups excluding carboxylic acids is 2. The topological polar surface area (TPSA) is 77.5 Å². The zero-order chi connectivity index (χ0) is 21.7. The van der Waals surface area contributed by atoms with Crippen LogP contribution in [0, 0.1) is 0 Å². The van der Waals surface area contributed by atoms with Crippen molar-refractivity contribution >= 4 is 31.7 Å². The van der Waals surface area contributed by atoms with E-state index in [-0.39, 0.29) is 35.8 Å². The van der Waals surface area contributed by atoms with Crippen molar-refractivity contribution in [3.8, 4) is 5.75 Å². The summed E-state index contributed by atoms with van der Waals surface area (Å²) < 4.78 is 23.1. The van der Waals surface area contributed by atoms with Gasteiger partial charge in [0, 0.05) is 18.3 Å². The number of carbonyl (C=O) groups is 2. The smallest absolute Gasteiger partial charge is 0.415 e. The van der Waals surface area contributed by atoms with Crippen molar-refractivity contribution < 1.29 is 28.2 Å². The maximum Gasteiger partial charge on any atom is 0.415 e. The fourth-order valence-electron chi connectivity index (χ4n) is 3.63. The molecule has 0 unspecified atom stereocenters. The van der Waals surface area contributed by atoms with E-state index in [2.05, 4.69) is 33.9 Å². The van der Waals surface area contributed by atoms with Gasteiger partial charge in [0.15, 0.2) is 8.32 Å². The highest BCUT2D eigenvalue weighted by atomic mass is 28.4. The first-order chi connectivity index (χ1) is 14.1. The minimum absolute atomic E-state index is 0.0778. The number of anilines is 2. The van der Waals surface area contributed by atoms with Gasteiger partial charge in [0.1, 0.15) is 31.1 Å². The molecule has 164 valence electrons.